The summed E-state index contributed by atoms with van der Waals surface area (Å²) in [6.45, 7) is 2.82. The second-order valence-corrected chi connectivity index (χ2v) is 5.88. The first kappa shape index (κ1) is 14.6. The molecule has 2 aromatic heterocycles. The number of fused-ring (bicyclic) bond motifs is 2. The molecule has 24 heavy (non-hydrogen) atoms. The number of carbonyl (C=O) groups is 1. The molecule has 3 aromatic rings. The third-order valence-electron chi connectivity index (χ3n) is 4.21. The van der Waals surface area contributed by atoms with Crippen molar-refractivity contribution >= 4 is 17.0 Å². The van der Waals surface area contributed by atoms with Crippen LogP contribution in [0, 0.1) is 0 Å². The summed E-state index contributed by atoms with van der Waals surface area (Å²) in [5, 5.41) is 13.3. The van der Waals surface area contributed by atoms with Gasteiger partial charge in [0.2, 0.25) is 5.88 Å². The van der Waals surface area contributed by atoms with Crippen molar-refractivity contribution in [3.05, 3.63) is 48.0 Å². The van der Waals surface area contributed by atoms with Gasteiger partial charge < -0.3 is 15.2 Å². The maximum absolute atomic E-state index is 11.2. The second-order valence-electron chi connectivity index (χ2n) is 5.88. The molecule has 0 aliphatic carbocycles. The van der Waals surface area contributed by atoms with Crippen LogP contribution in [0.2, 0.25) is 0 Å². The molecule has 4 rings (SSSR count). The molecule has 0 amide bonds. The standard InChI is InChI=1S/C17H16N4O3/c1-10-6-13-14(8-18-10)19-9-20-16(13)24-12-2-3-15-11(7-12)4-5-21(15)17(22)23/h2-5,7,9-10,18H,6,8H2,1H3,(H,22,23). The maximum Gasteiger partial charge on any atom is 0.415 e. The summed E-state index contributed by atoms with van der Waals surface area (Å²) in [5.74, 6) is 1.18. The van der Waals surface area contributed by atoms with Crippen LogP contribution in [0.5, 0.6) is 11.6 Å². The quantitative estimate of drug-likeness (QED) is 0.753. The fourth-order valence-corrected chi connectivity index (χ4v) is 2.99. The molecule has 0 bridgehead atoms. The minimum atomic E-state index is -1.01. The van der Waals surface area contributed by atoms with Crippen LogP contribution >= 0.6 is 0 Å². The largest absolute Gasteiger partial charge is 0.464 e. The Morgan fingerprint density at radius 3 is 3.08 bits per heavy atom. The van der Waals surface area contributed by atoms with E-state index in [9.17, 15) is 4.79 Å². The molecule has 1 unspecified atom stereocenters. The van der Waals surface area contributed by atoms with Gasteiger partial charge in [-0.25, -0.2) is 14.8 Å². The lowest BCUT2D eigenvalue weighted by Crippen LogP contribution is -2.33. The van der Waals surface area contributed by atoms with Gasteiger partial charge in [-0.3, -0.25) is 4.57 Å². The lowest BCUT2D eigenvalue weighted by molar-refractivity contribution is 0.197. The number of ether oxygens (including phenoxy) is 1. The SMILES string of the molecule is CC1Cc2c(ncnc2Oc2ccc3c(ccn3C(=O)O)c2)CN1. The lowest BCUT2D eigenvalue weighted by Gasteiger charge is -2.23. The average molecular weight is 324 g/mol. The molecule has 1 aliphatic heterocycles. The normalized spacial score (nSPS) is 16.8. The summed E-state index contributed by atoms with van der Waals surface area (Å²) in [4.78, 5) is 19.7. The molecule has 122 valence electrons. The number of hydrogen-bond acceptors (Lipinski definition) is 5. The van der Waals surface area contributed by atoms with E-state index >= 15 is 0 Å². The van der Waals surface area contributed by atoms with Crippen molar-refractivity contribution < 1.29 is 14.6 Å². The van der Waals surface area contributed by atoms with Crippen LogP contribution < -0.4 is 10.1 Å². The molecular weight excluding hydrogens is 308 g/mol. The summed E-state index contributed by atoms with van der Waals surface area (Å²) in [6, 6.07) is 7.39. The first-order chi connectivity index (χ1) is 11.6. The molecule has 0 fully saturated rings. The van der Waals surface area contributed by atoms with Gasteiger partial charge in [0.15, 0.2) is 0 Å². The number of benzene rings is 1. The van der Waals surface area contributed by atoms with Crippen LogP contribution in [0.15, 0.2) is 36.8 Å². The summed E-state index contributed by atoms with van der Waals surface area (Å²) in [5.41, 5.74) is 2.60. The Morgan fingerprint density at radius 1 is 1.38 bits per heavy atom. The third-order valence-corrected chi connectivity index (χ3v) is 4.21. The zero-order valence-corrected chi connectivity index (χ0v) is 13.1. The van der Waals surface area contributed by atoms with E-state index in [4.69, 9.17) is 9.84 Å². The molecule has 0 radical (unpaired) electrons. The van der Waals surface area contributed by atoms with Crippen LogP contribution in [0.4, 0.5) is 4.79 Å². The topological polar surface area (TPSA) is 89.3 Å². The van der Waals surface area contributed by atoms with E-state index in [0.717, 1.165) is 23.1 Å². The highest BCUT2D eigenvalue weighted by atomic mass is 16.5. The Balaban J connectivity index is 1.69. The molecule has 2 N–H and O–H groups in total. The van der Waals surface area contributed by atoms with Gasteiger partial charge in [0, 0.05) is 29.7 Å². The fourth-order valence-electron chi connectivity index (χ4n) is 2.99. The van der Waals surface area contributed by atoms with E-state index in [1.54, 1.807) is 18.2 Å². The van der Waals surface area contributed by atoms with Crippen molar-refractivity contribution in [1.82, 2.24) is 19.9 Å². The Kier molecular flexibility index (Phi) is 3.42. The van der Waals surface area contributed by atoms with Crippen LogP contribution in [0.25, 0.3) is 10.9 Å². The predicted octanol–water partition coefficient (Wildman–Crippen LogP) is 2.78. The number of rotatable bonds is 2. The number of carboxylic acid groups (broad SMARTS) is 1. The highest BCUT2D eigenvalue weighted by molar-refractivity contribution is 5.89. The molecule has 1 atom stereocenters. The molecule has 7 heteroatoms. The average Bonchev–Trinajstić information content (AvgIpc) is 2.99. The molecule has 1 aromatic carbocycles. The van der Waals surface area contributed by atoms with Crippen molar-refractivity contribution in [2.45, 2.75) is 25.9 Å². The van der Waals surface area contributed by atoms with Crippen molar-refractivity contribution in [2.24, 2.45) is 0 Å². The minimum absolute atomic E-state index is 0.345. The zero-order valence-electron chi connectivity index (χ0n) is 13.1. The molecule has 3 heterocycles. The Hall–Kier alpha value is -2.93. The van der Waals surface area contributed by atoms with Crippen molar-refractivity contribution in [1.29, 1.82) is 0 Å². The number of nitrogens with one attached hydrogen (secondary N) is 1. The zero-order chi connectivity index (χ0) is 16.7. The first-order valence-corrected chi connectivity index (χ1v) is 7.70. The second kappa shape index (κ2) is 5.61. The van der Waals surface area contributed by atoms with Gasteiger partial charge in [0.05, 0.1) is 11.2 Å². The summed E-state index contributed by atoms with van der Waals surface area (Å²) in [6.07, 6.45) is 2.83. The van der Waals surface area contributed by atoms with Gasteiger partial charge in [-0.2, -0.15) is 0 Å². The monoisotopic (exact) mass is 324 g/mol. The molecule has 0 saturated heterocycles. The molecular formula is C17H16N4O3. The van der Waals surface area contributed by atoms with Gasteiger partial charge in [-0.15, -0.1) is 0 Å². The van der Waals surface area contributed by atoms with Crippen LogP contribution in [-0.4, -0.2) is 31.8 Å². The molecule has 7 nitrogen and oxygen atoms in total. The number of nitrogens with zero attached hydrogens (tertiary/aromatic N) is 3. The van der Waals surface area contributed by atoms with E-state index in [1.807, 2.05) is 6.07 Å². The Labute approximate surface area is 137 Å². The van der Waals surface area contributed by atoms with Crippen molar-refractivity contribution in [2.75, 3.05) is 0 Å². The third kappa shape index (κ3) is 2.48. The first-order valence-electron chi connectivity index (χ1n) is 7.70. The van der Waals surface area contributed by atoms with Crippen molar-refractivity contribution in [3.63, 3.8) is 0 Å². The van der Waals surface area contributed by atoms with E-state index in [2.05, 4.69) is 22.2 Å². The van der Waals surface area contributed by atoms with Gasteiger partial charge in [0.1, 0.15) is 12.1 Å². The molecule has 0 saturated carbocycles. The van der Waals surface area contributed by atoms with E-state index in [1.165, 1.54) is 17.1 Å². The van der Waals surface area contributed by atoms with E-state index in [0.29, 0.717) is 29.7 Å². The Morgan fingerprint density at radius 2 is 2.25 bits per heavy atom. The predicted molar refractivity (Wildman–Crippen MR) is 87.5 cm³/mol. The van der Waals surface area contributed by atoms with Crippen LogP contribution in [-0.2, 0) is 13.0 Å². The molecule has 0 spiro atoms. The summed E-state index contributed by atoms with van der Waals surface area (Å²) in [7, 11) is 0. The van der Waals surface area contributed by atoms with Gasteiger partial charge in [-0.05, 0) is 37.6 Å². The lowest BCUT2D eigenvalue weighted by atomic mass is 10.0. The van der Waals surface area contributed by atoms with Gasteiger partial charge in [0.25, 0.3) is 0 Å². The van der Waals surface area contributed by atoms with Crippen LogP contribution in [0.1, 0.15) is 18.2 Å². The number of aromatic nitrogens is 3. The molecule has 1 aliphatic rings. The smallest absolute Gasteiger partial charge is 0.415 e. The van der Waals surface area contributed by atoms with Gasteiger partial charge in [-0.1, -0.05) is 0 Å². The summed E-state index contributed by atoms with van der Waals surface area (Å²) >= 11 is 0. The summed E-state index contributed by atoms with van der Waals surface area (Å²) < 4.78 is 7.15. The maximum atomic E-state index is 11.2. The van der Waals surface area contributed by atoms with Crippen molar-refractivity contribution in [3.8, 4) is 11.6 Å². The van der Waals surface area contributed by atoms with Crippen LogP contribution in [0.3, 0.4) is 0 Å². The number of hydrogen-bond donors (Lipinski definition) is 2. The van der Waals surface area contributed by atoms with E-state index in [-0.39, 0.29) is 0 Å². The Bertz CT molecular complexity index is 935. The fraction of sp³-hybridized carbons (Fsp3) is 0.235. The van der Waals surface area contributed by atoms with E-state index < -0.39 is 6.09 Å². The van der Waals surface area contributed by atoms with Gasteiger partial charge >= 0.3 is 6.09 Å². The highest BCUT2D eigenvalue weighted by Gasteiger charge is 2.21. The highest BCUT2D eigenvalue weighted by Crippen LogP contribution is 2.29. The minimum Gasteiger partial charge on any atom is -0.464 e.